The zero-order chi connectivity index (χ0) is 13.0. The molecule has 0 fully saturated rings. The minimum atomic E-state index is 0.524. The largest absolute Gasteiger partial charge is 0.225 e. The van der Waals surface area contributed by atoms with Gasteiger partial charge in [-0.15, -0.1) is 5.10 Å². The van der Waals surface area contributed by atoms with E-state index >= 15 is 0 Å². The van der Waals surface area contributed by atoms with Gasteiger partial charge in [0.2, 0.25) is 0 Å². The fourth-order valence-electron chi connectivity index (χ4n) is 1.72. The molecule has 0 bridgehead atoms. The zero-order valence-electron chi connectivity index (χ0n) is 10.5. The molecule has 0 aliphatic carbocycles. The highest BCUT2D eigenvalue weighted by Gasteiger charge is 2.08. The third-order valence-corrected chi connectivity index (χ3v) is 2.61. The minimum Gasteiger partial charge on any atom is -0.225 e. The van der Waals surface area contributed by atoms with E-state index in [4.69, 9.17) is 5.26 Å². The van der Waals surface area contributed by atoms with Gasteiger partial charge in [0.05, 0.1) is 18.2 Å². The van der Waals surface area contributed by atoms with Crippen LogP contribution in [0.1, 0.15) is 30.8 Å². The summed E-state index contributed by atoms with van der Waals surface area (Å²) >= 11 is 0. The lowest BCUT2D eigenvalue weighted by Crippen LogP contribution is -2.09. The second kappa shape index (κ2) is 5.41. The number of hydrogen-bond acceptors (Lipinski definition) is 4. The van der Waals surface area contributed by atoms with Gasteiger partial charge in [-0.1, -0.05) is 26.0 Å². The first-order valence-electron chi connectivity index (χ1n) is 5.93. The van der Waals surface area contributed by atoms with Crippen LogP contribution in [-0.2, 0) is 13.0 Å². The molecule has 1 aromatic heterocycles. The lowest BCUT2D eigenvalue weighted by Gasteiger charge is -2.06. The highest BCUT2D eigenvalue weighted by Crippen LogP contribution is 2.08. The van der Waals surface area contributed by atoms with Crippen molar-refractivity contribution < 1.29 is 0 Å². The Morgan fingerprint density at radius 1 is 1.28 bits per heavy atom. The Kier molecular flexibility index (Phi) is 3.68. The Labute approximate surface area is 106 Å². The van der Waals surface area contributed by atoms with Crippen molar-refractivity contribution in [1.82, 2.24) is 20.2 Å². The SMILES string of the molecule is CC(C)Cc1nnnn1Cc1ccc(C#N)cc1. The van der Waals surface area contributed by atoms with E-state index in [0.29, 0.717) is 18.0 Å². The normalized spacial score (nSPS) is 10.6. The summed E-state index contributed by atoms with van der Waals surface area (Å²) in [4.78, 5) is 0. The summed E-state index contributed by atoms with van der Waals surface area (Å²) in [5.41, 5.74) is 1.75. The highest BCUT2D eigenvalue weighted by molar-refractivity contribution is 5.31. The quantitative estimate of drug-likeness (QED) is 0.818. The summed E-state index contributed by atoms with van der Waals surface area (Å²) in [6, 6.07) is 9.58. The molecule has 5 heteroatoms. The third-order valence-electron chi connectivity index (χ3n) is 2.61. The van der Waals surface area contributed by atoms with Crippen LogP contribution in [0.25, 0.3) is 0 Å². The van der Waals surface area contributed by atoms with E-state index in [9.17, 15) is 0 Å². The van der Waals surface area contributed by atoms with Crippen molar-refractivity contribution >= 4 is 0 Å². The molecule has 0 saturated heterocycles. The Bertz CT molecular complexity index is 548. The fraction of sp³-hybridized carbons (Fsp3) is 0.385. The summed E-state index contributed by atoms with van der Waals surface area (Å²) in [5.74, 6) is 1.42. The van der Waals surface area contributed by atoms with Crippen LogP contribution in [0.2, 0.25) is 0 Å². The molecule has 0 N–H and O–H groups in total. The molecule has 18 heavy (non-hydrogen) atoms. The maximum Gasteiger partial charge on any atom is 0.151 e. The van der Waals surface area contributed by atoms with Gasteiger partial charge in [-0.25, -0.2) is 4.68 Å². The van der Waals surface area contributed by atoms with Gasteiger partial charge in [0.15, 0.2) is 5.82 Å². The second-order valence-corrected chi connectivity index (χ2v) is 4.66. The summed E-state index contributed by atoms with van der Waals surface area (Å²) in [6.45, 7) is 4.92. The van der Waals surface area contributed by atoms with Crippen LogP contribution in [0.15, 0.2) is 24.3 Å². The monoisotopic (exact) mass is 241 g/mol. The molecule has 1 heterocycles. The van der Waals surface area contributed by atoms with Crippen molar-refractivity contribution in [2.75, 3.05) is 0 Å². The third kappa shape index (κ3) is 2.92. The van der Waals surface area contributed by atoms with Crippen LogP contribution in [0.4, 0.5) is 0 Å². The molecule has 1 aromatic carbocycles. The van der Waals surface area contributed by atoms with Gasteiger partial charge in [-0.3, -0.25) is 0 Å². The van der Waals surface area contributed by atoms with E-state index < -0.39 is 0 Å². The number of aromatic nitrogens is 4. The summed E-state index contributed by atoms with van der Waals surface area (Å²) in [7, 11) is 0. The van der Waals surface area contributed by atoms with Crippen molar-refractivity contribution in [3.05, 3.63) is 41.2 Å². The molecule has 0 spiro atoms. The molecular weight excluding hydrogens is 226 g/mol. The zero-order valence-corrected chi connectivity index (χ0v) is 10.5. The molecular formula is C13H15N5. The van der Waals surface area contributed by atoms with Crippen molar-refractivity contribution in [1.29, 1.82) is 5.26 Å². The van der Waals surface area contributed by atoms with Crippen LogP contribution < -0.4 is 0 Å². The number of benzene rings is 1. The molecule has 0 unspecified atom stereocenters. The standard InChI is InChI=1S/C13H15N5/c1-10(2)7-13-15-16-17-18(13)9-12-5-3-11(8-14)4-6-12/h3-6,10H,7,9H2,1-2H3. The van der Waals surface area contributed by atoms with Crippen molar-refractivity contribution in [3.8, 4) is 6.07 Å². The van der Waals surface area contributed by atoms with Gasteiger partial charge >= 0.3 is 0 Å². The van der Waals surface area contributed by atoms with E-state index in [1.165, 1.54) is 0 Å². The predicted octanol–water partition coefficient (Wildman–Crippen LogP) is 1.79. The molecule has 0 saturated carbocycles. The first-order valence-corrected chi connectivity index (χ1v) is 5.93. The molecule has 2 rings (SSSR count). The highest BCUT2D eigenvalue weighted by atomic mass is 15.5. The fourth-order valence-corrected chi connectivity index (χ4v) is 1.72. The van der Waals surface area contributed by atoms with Gasteiger partial charge < -0.3 is 0 Å². The van der Waals surface area contributed by atoms with E-state index in [0.717, 1.165) is 17.8 Å². The molecule has 0 amide bonds. The predicted molar refractivity (Wildman–Crippen MR) is 66.6 cm³/mol. The lowest BCUT2D eigenvalue weighted by atomic mass is 10.1. The number of nitrogens with zero attached hydrogens (tertiary/aromatic N) is 5. The summed E-state index contributed by atoms with van der Waals surface area (Å²) in [5, 5.41) is 20.5. The van der Waals surface area contributed by atoms with Crippen LogP contribution in [-0.4, -0.2) is 20.2 Å². The lowest BCUT2D eigenvalue weighted by molar-refractivity contribution is 0.560. The van der Waals surface area contributed by atoms with Crippen molar-refractivity contribution in [2.45, 2.75) is 26.8 Å². The van der Waals surface area contributed by atoms with Crippen molar-refractivity contribution in [3.63, 3.8) is 0 Å². The smallest absolute Gasteiger partial charge is 0.151 e. The Hall–Kier alpha value is -2.22. The molecule has 0 aliphatic heterocycles. The van der Waals surface area contributed by atoms with Gasteiger partial charge in [0, 0.05) is 6.42 Å². The molecule has 0 aliphatic rings. The van der Waals surface area contributed by atoms with Crippen molar-refractivity contribution in [2.24, 2.45) is 5.92 Å². The topological polar surface area (TPSA) is 67.4 Å². The number of nitriles is 1. The Morgan fingerprint density at radius 2 is 2.00 bits per heavy atom. The maximum atomic E-state index is 8.74. The number of rotatable bonds is 4. The van der Waals surface area contributed by atoms with Gasteiger partial charge in [-0.05, 0) is 34.0 Å². The van der Waals surface area contributed by atoms with Crippen LogP contribution in [0, 0.1) is 17.2 Å². The summed E-state index contributed by atoms with van der Waals surface area (Å²) < 4.78 is 1.81. The average molecular weight is 241 g/mol. The average Bonchev–Trinajstić information content (AvgIpc) is 2.77. The Morgan fingerprint density at radius 3 is 2.61 bits per heavy atom. The van der Waals surface area contributed by atoms with Crippen LogP contribution in [0.3, 0.4) is 0 Å². The minimum absolute atomic E-state index is 0.524. The Balaban J connectivity index is 2.13. The van der Waals surface area contributed by atoms with Gasteiger partial charge in [0.1, 0.15) is 0 Å². The van der Waals surface area contributed by atoms with E-state index in [1.807, 2.05) is 24.3 Å². The number of hydrogen-bond donors (Lipinski definition) is 0. The number of tetrazole rings is 1. The molecule has 0 atom stereocenters. The first kappa shape index (κ1) is 12.2. The molecule has 0 radical (unpaired) electrons. The maximum absolute atomic E-state index is 8.74. The van der Waals surface area contributed by atoms with E-state index in [-0.39, 0.29) is 0 Å². The van der Waals surface area contributed by atoms with Crippen LogP contribution in [0.5, 0.6) is 0 Å². The summed E-state index contributed by atoms with van der Waals surface area (Å²) in [6.07, 6.45) is 0.864. The molecule has 92 valence electrons. The first-order chi connectivity index (χ1) is 8.69. The van der Waals surface area contributed by atoms with Crippen LogP contribution >= 0.6 is 0 Å². The van der Waals surface area contributed by atoms with E-state index in [1.54, 1.807) is 4.68 Å². The molecule has 5 nitrogen and oxygen atoms in total. The van der Waals surface area contributed by atoms with Gasteiger partial charge in [0.25, 0.3) is 0 Å². The van der Waals surface area contributed by atoms with E-state index in [2.05, 4.69) is 35.4 Å². The van der Waals surface area contributed by atoms with Gasteiger partial charge in [-0.2, -0.15) is 5.26 Å². The molecule has 2 aromatic rings. The second-order valence-electron chi connectivity index (χ2n) is 4.66.